The third kappa shape index (κ3) is 9.54. The number of hydroxylamine groups is 6. The molecule has 0 radical (unpaired) electrons. The van der Waals surface area contributed by atoms with Gasteiger partial charge in [-0.3, -0.25) is 0 Å². The number of hydrogen-bond donors (Lipinski definition) is 3. The van der Waals surface area contributed by atoms with Crippen LogP contribution in [0.2, 0.25) is 0 Å². The van der Waals surface area contributed by atoms with E-state index in [2.05, 4.69) is 6.92 Å². The molecule has 0 aromatic rings. The van der Waals surface area contributed by atoms with E-state index in [0.717, 1.165) is 25.7 Å². The fourth-order valence-corrected chi connectivity index (χ4v) is 3.07. The molecule has 0 bridgehead atoms. The van der Waals surface area contributed by atoms with Crippen LogP contribution in [0.4, 0.5) is 0 Å². The molecule has 0 saturated carbocycles. The van der Waals surface area contributed by atoms with Gasteiger partial charge >= 0.3 is 0 Å². The second-order valence-corrected chi connectivity index (χ2v) is 7.05. The summed E-state index contributed by atoms with van der Waals surface area (Å²) in [7, 11) is 2.49. The van der Waals surface area contributed by atoms with E-state index in [9.17, 15) is 15.6 Å². The third-order valence-electron chi connectivity index (χ3n) is 4.55. The van der Waals surface area contributed by atoms with Crippen molar-refractivity contribution in [2.75, 3.05) is 33.9 Å². The minimum absolute atomic E-state index is 0.103. The van der Waals surface area contributed by atoms with Crippen molar-refractivity contribution in [1.29, 1.82) is 0 Å². The molecule has 0 aliphatic carbocycles. The van der Waals surface area contributed by atoms with Crippen molar-refractivity contribution >= 4 is 0 Å². The van der Waals surface area contributed by atoms with Gasteiger partial charge < -0.3 is 25.1 Å². The first kappa shape index (κ1) is 22.8. The highest BCUT2D eigenvalue weighted by Gasteiger charge is 2.43. The van der Waals surface area contributed by atoms with Crippen molar-refractivity contribution in [3.63, 3.8) is 0 Å². The van der Waals surface area contributed by atoms with Gasteiger partial charge in [-0.2, -0.15) is 4.84 Å². The lowest BCUT2D eigenvalue weighted by Crippen LogP contribution is -3.07. The maximum absolute atomic E-state index is 11.9. The SMILES string of the molecule is CCCC1OC1CCC1OC1CC[NH+]([O-])OCC(CO[NH+](C)[O-])O[NH+](C)[O-]. The quantitative estimate of drug-likeness (QED) is 0.187. The summed E-state index contributed by atoms with van der Waals surface area (Å²) in [5.41, 5.74) is 0. The number of hydrogen-bond acceptors (Lipinski definition) is 8. The standard InChI is InChI=1S/C16H33N3O8/c1-4-5-13-14(25-13)6-7-15-16(26-15)8-9-19(22)24-11-12(27-18(3)21)10-23-17(2)20/h12-19H,4-11H2,1-3H3. The zero-order chi connectivity index (χ0) is 19.8. The van der Waals surface area contributed by atoms with Crippen LogP contribution in [0.25, 0.3) is 0 Å². The highest BCUT2D eigenvalue weighted by molar-refractivity contribution is 4.90. The van der Waals surface area contributed by atoms with Crippen LogP contribution < -0.4 is 15.7 Å². The Balaban J connectivity index is 1.52. The normalized spacial score (nSPS) is 31.3. The first-order valence-electron chi connectivity index (χ1n) is 9.66. The molecule has 0 aromatic carbocycles. The molecule has 2 saturated heterocycles. The summed E-state index contributed by atoms with van der Waals surface area (Å²) >= 11 is 0. The van der Waals surface area contributed by atoms with Crippen LogP contribution >= 0.6 is 0 Å². The highest BCUT2D eigenvalue weighted by atomic mass is 16.9. The van der Waals surface area contributed by atoms with Gasteiger partial charge in [0, 0.05) is 6.42 Å². The summed E-state index contributed by atoms with van der Waals surface area (Å²) in [6.07, 6.45) is 5.17. The highest BCUT2D eigenvalue weighted by Crippen LogP contribution is 2.35. The van der Waals surface area contributed by atoms with Gasteiger partial charge in [-0.05, 0) is 19.3 Å². The zero-order valence-electron chi connectivity index (χ0n) is 16.3. The summed E-state index contributed by atoms with van der Waals surface area (Å²) in [4.78, 5) is 14.9. The molecule has 2 rings (SSSR count). The van der Waals surface area contributed by atoms with Gasteiger partial charge in [0.2, 0.25) is 0 Å². The minimum Gasteiger partial charge on any atom is -0.600 e. The molecule has 2 aliphatic rings. The maximum Gasteiger partial charge on any atom is 0.175 e. The van der Waals surface area contributed by atoms with Gasteiger partial charge in [0.1, 0.15) is 19.8 Å². The topological polar surface area (TPSA) is 135 Å². The van der Waals surface area contributed by atoms with Crippen molar-refractivity contribution in [2.24, 2.45) is 0 Å². The maximum atomic E-state index is 11.9. The van der Waals surface area contributed by atoms with Crippen molar-refractivity contribution < 1.29 is 39.7 Å². The molecule has 2 fully saturated rings. The van der Waals surface area contributed by atoms with E-state index in [1.54, 1.807) is 0 Å². The molecule has 2 aliphatic heterocycles. The predicted molar refractivity (Wildman–Crippen MR) is 92.6 cm³/mol. The van der Waals surface area contributed by atoms with Crippen LogP contribution in [0.1, 0.15) is 39.0 Å². The zero-order valence-corrected chi connectivity index (χ0v) is 16.3. The largest absolute Gasteiger partial charge is 0.600 e. The Morgan fingerprint density at radius 3 is 1.93 bits per heavy atom. The molecule has 11 heteroatoms. The number of nitrogens with one attached hydrogen (secondary N) is 3. The first-order chi connectivity index (χ1) is 12.9. The molecule has 8 unspecified atom stereocenters. The summed E-state index contributed by atoms with van der Waals surface area (Å²) in [5, 5.41) is 32.3. The van der Waals surface area contributed by atoms with E-state index < -0.39 is 21.8 Å². The van der Waals surface area contributed by atoms with Gasteiger partial charge in [0.15, 0.2) is 6.10 Å². The summed E-state index contributed by atoms with van der Waals surface area (Å²) in [6.45, 7) is 2.11. The van der Waals surface area contributed by atoms with Gasteiger partial charge in [0.05, 0.1) is 38.5 Å². The van der Waals surface area contributed by atoms with Gasteiger partial charge in [-0.1, -0.05) is 13.3 Å². The summed E-state index contributed by atoms with van der Waals surface area (Å²) in [6, 6.07) is 0. The fraction of sp³-hybridized carbons (Fsp3) is 1.00. The minimum atomic E-state index is -0.796. The molecular formula is C16H33N3O8. The van der Waals surface area contributed by atoms with Crippen LogP contribution in [0.5, 0.6) is 0 Å². The second-order valence-electron chi connectivity index (χ2n) is 7.05. The van der Waals surface area contributed by atoms with Crippen LogP contribution in [-0.4, -0.2) is 64.4 Å². The summed E-state index contributed by atoms with van der Waals surface area (Å²) in [5.74, 6) is 0. The first-order valence-corrected chi connectivity index (χ1v) is 9.66. The van der Waals surface area contributed by atoms with E-state index in [4.69, 9.17) is 24.0 Å². The molecule has 27 heavy (non-hydrogen) atoms. The van der Waals surface area contributed by atoms with Crippen LogP contribution in [0.3, 0.4) is 0 Å². The number of rotatable bonds is 16. The number of ether oxygens (including phenoxy) is 2. The molecular weight excluding hydrogens is 362 g/mol. The molecule has 2 heterocycles. The van der Waals surface area contributed by atoms with E-state index in [1.807, 2.05) is 0 Å². The van der Waals surface area contributed by atoms with Crippen LogP contribution in [0.15, 0.2) is 0 Å². The molecule has 3 N–H and O–H groups in total. The summed E-state index contributed by atoms with van der Waals surface area (Å²) < 4.78 is 11.2. The van der Waals surface area contributed by atoms with Crippen molar-refractivity contribution in [2.45, 2.75) is 69.5 Å². The van der Waals surface area contributed by atoms with Crippen molar-refractivity contribution in [1.82, 2.24) is 0 Å². The third-order valence-corrected chi connectivity index (χ3v) is 4.55. The Bertz CT molecular complexity index is 417. The van der Waals surface area contributed by atoms with E-state index in [-0.39, 0.29) is 32.0 Å². The molecule has 11 nitrogen and oxygen atoms in total. The Morgan fingerprint density at radius 1 is 0.815 bits per heavy atom. The average molecular weight is 395 g/mol. The lowest BCUT2D eigenvalue weighted by atomic mass is 10.1. The monoisotopic (exact) mass is 395 g/mol. The van der Waals surface area contributed by atoms with Crippen LogP contribution in [0, 0.1) is 15.6 Å². The molecule has 0 amide bonds. The Hall–Kier alpha value is -0.440. The lowest BCUT2D eigenvalue weighted by Gasteiger charge is -2.25. The Kier molecular flexibility index (Phi) is 9.76. The number of quaternary nitrogens is 3. The number of epoxide rings is 2. The molecule has 160 valence electrons. The smallest absolute Gasteiger partial charge is 0.175 e. The van der Waals surface area contributed by atoms with E-state index in [0.29, 0.717) is 18.6 Å². The molecule has 0 spiro atoms. The van der Waals surface area contributed by atoms with Gasteiger partial charge in [-0.25, -0.2) is 25.4 Å². The Labute approximate surface area is 159 Å². The van der Waals surface area contributed by atoms with E-state index >= 15 is 0 Å². The van der Waals surface area contributed by atoms with Crippen molar-refractivity contribution in [3.8, 4) is 0 Å². The van der Waals surface area contributed by atoms with E-state index in [1.165, 1.54) is 14.1 Å². The van der Waals surface area contributed by atoms with Crippen molar-refractivity contribution in [3.05, 3.63) is 15.6 Å². The average Bonchev–Trinajstić information content (AvgIpc) is 3.50. The van der Waals surface area contributed by atoms with Gasteiger partial charge in [0.25, 0.3) is 0 Å². The Morgan fingerprint density at radius 2 is 1.37 bits per heavy atom. The van der Waals surface area contributed by atoms with Gasteiger partial charge in [-0.15, -0.1) is 0 Å². The fourth-order valence-electron chi connectivity index (χ4n) is 3.07. The molecule has 0 aromatic heterocycles. The lowest BCUT2D eigenvalue weighted by molar-refractivity contribution is -1.07. The molecule has 8 atom stereocenters. The predicted octanol–water partition coefficient (Wildman–Crippen LogP) is -2.94. The second kappa shape index (κ2) is 11.5. The van der Waals surface area contributed by atoms with Crippen LogP contribution in [-0.2, 0) is 24.0 Å².